The maximum absolute atomic E-state index is 12.9. The Balaban J connectivity index is 0.000000204. The Kier molecular flexibility index (Phi) is 11.0. The Morgan fingerprint density at radius 1 is 0.717 bits per heavy atom. The van der Waals surface area contributed by atoms with Gasteiger partial charge in [-0.1, -0.05) is 23.7 Å². The van der Waals surface area contributed by atoms with Gasteiger partial charge in [0.25, 0.3) is 0 Å². The lowest BCUT2D eigenvalue weighted by atomic mass is 9.79. The van der Waals surface area contributed by atoms with Crippen molar-refractivity contribution in [3.8, 4) is 11.3 Å². The number of alkyl halides is 6. The number of aromatic nitrogens is 4. The average molecular weight is 669 g/mol. The van der Waals surface area contributed by atoms with Crippen molar-refractivity contribution in [2.24, 2.45) is 0 Å². The molecule has 0 aromatic carbocycles. The van der Waals surface area contributed by atoms with Crippen molar-refractivity contribution < 1.29 is 35.7 Å². The van der Waals surface area contributed by atoms with E-state index in [9.17, 15) is 26.3 Å². The fraction of sp³-hybridized carbons (Fsp3) is 0.333. The quantitative estimate of drug-likeness (QED) is 0.132. The first kappa shape index (κ1) is 36.5. The Labute approximate surface area is 267 Å². The topological polar surface area (TPSA) is 122 Å². The molecule has 0 radical (unpaired) electrons. The number of halogens is 7. The van der Waals surface area contributed by atoms with Crippen LogP contribution >= 0.6 is 11.6 Å². The summed E-state index contributed by atoms with van der Waals surface area (Å²) in [6, 6.07) is 12.0. The fourth-order valence-corrected chi connectivity index (χ4v) is 4.11. The molecule has 5 heterocycles. The highest BCUT2D eigenvalue weighted by molar-refractivity contribution is 6.62. The normalized spacial score (nSPS) is 15.4. The van der Waals surface area contributed by atoms with Crippen molar-refractivity contribution in [1.82, 2.24) is 19.9 Å². The molecule has 0 spiro atoms. The van der Waals surface area contributed by atoms with Crippen LogP contribution in [0.15, 0.2) is 60.9 Å². The molecule has 1 aliphatic rings. The summed E-state index contributed by atoms with van der Waals surface area (Å²) in [5.41, 5.74) is 8.87. The van der Waals surface area contributed by atoms with Crippen LogP contribution in [0.2, 0.25) is 5.15 Å². The molecule has 0 bridgehead atoms. The lowest BCUT2D eigenvalue weighted by molar-refractivity contribution is -0.139. The number of rotatable bonds is 2. The van der Waals surface area contributed by atoms with Crippen LogP contribution in [0, 0.1) is 13.8 Å². The molecule has 5 rings (SSSR count). The molecule has 4 aromatic heterocycles. The number of nitrogens with two attached hydrogens (primary N) is 2. The highest BCUT2D eigenvalue weighted by Gasteiger charge is 2.52. The number of hydrogen-bond donors (Lipinski definition) is 2. The van der Waals surface area contributed by atoms with Gasteiger partial charge < -0.3 is 20.8 Å². The van der Waals surface area contributed by atoms with Gasteiger partial charge in [0.2, 0.25) is 0 Å². The van der Waals surface area contributed by atoms with Crippen molar-refractivity contribution >= 4 is 35.8 Å². The van der Waals surface area contributed by atoms with Crippen LogP contribution in [0.1, 0.15) is 50.2 Å². The van der Waals surface area contributed by atoms with Crippen LogP contribution in [0.25, 0.3) is 11.3 Å². The van der Waals surface area contributed by atoms with Crippen molar-refractivity contribution in [3.05, 3.63) is 88.6 Å². The highest BCUT2D eigenvalue weighted by atomic mass is 35.5. The van der Waals surface area contributed by atoms with Gasteiger partial charge in [0.05, 0.1) is 28.0 Å². The lowest BCUT2D eigenvalue weighted by Crippen LogP contribution is -2.41. The predicted octanol–water partition coefficient (Wildman–Crippen LogP) is 7.08. The van der Waals surface area contributed by atoms with Crippen LogP contribution in [0.4, 0.5) is 38.0 Å². The molecule has 0 atom stereocenters. The van der Waals surface area contributed by atoms with Crippen molar-refractivity contribution in [2.75, 3.05) is 11.5 Å². The lowest BCUT2D eigenvalue weighted by Gasteiger charge is -2.32. The first-order valence-corrected chi connectivity index (χ1v) is 14.0. The van der Waals surface area contributed by atoms with Gasteiger partial charge in [-0.2, -0.15) is 26.3 Å². The highest BCUT2D eigenvalue weighted by Crippen LogP contribution is 2.37. The number of anilines is 2. The zero-order chi connectivity index (χ0) is 34.7. The Morgan fingerprint density at radius 2 is 1.20 bits per heavy atom. The summed E-state index contributed by atoms with van der Waals surface area (Å²) in [6.45, 7) is 10.0. The predicted molar refractivity (Wildman–Crippen MR) is 165 cm³/mol. The van der Waals surface area contributed by atoms with Crippen LogP contribution in [0.3, 0.4) is 0 Å². The minimum absolute atomic E-state index is 0.0576. The van der Waals surface area contributed by atoms with E-state index in [1.54, 1.807) is 36.4 Å². The molecular weight excluding hydrogens is 637 g/mol. The van der Waals surface area contributed by atoms with Gasteiger partial charge in [-0.15, -0.1) is 0 Å². The first-order valence-electron chi connectivity index (χ1n) is 13.6. The van der Waals surface area contributed by atoms with Crippen LogP contribution < -0.4 is 16.9 Å². The van der Waals surface area contributed by atoms with Gasteiger partial charge in [-0.3, -0.25) is 9.97 Å². The number of nitrogens with zero attached hydrogens (tertiary/aromatic N) is 4. The van der Waals surface area contributed by atoms with Gasteiger partial charge in [-0.25, -0.2) is 9.97 Å². The third-order valence-corrected chi connectivity index (χ3v) is 7.34. The summed E-state index contributed by atoms with van der Waals surface area (Å²) in [5, 5.41) is 0.435. The van der Waals surface area contributed by atoms with E-state index >= 15 is 0 Å². The van der Waals surface area contributed by atoms with Crippen molar-refractivity contribution in [3.63, 3.8) is 0 Å². The summed E-state index contributed by atoms with van der Waals surface area (Å²) in [6.07, 6.45) is -6.14. The third kappa shape index (κ3) is 9.30. The van der Waals surface area contributed by atoms with Gasteiger partial charge >= 0.3 is 19.5 Å². The van der Waals surface area contributed by atoms with Gasteiger partial charge in [-0.05, 0) is 77.9 Å². The van der Waals surface area contributed by atoms with Crippen molar-refractivity contribution in [2.45, 2.75) is 65.1 Å². The maximum atomic E-state index is 12.9. The zero-order valence-corrected chi connectivity index (χ0v) is 26.5. The molecule has 1 fully saturated rings. The molecule has 1 saturated heterocycles. The number of pyridine rings is 4. The number of aryl methyl sites for hydroxylation is 2. The third-order valence-electron chi connectivity index (χ3n) is 7.13. The van der Waals surface area contributed by atoms with Crippen LogP contribution in [-0.2, 0) is 21.7 Å². The molecule has 0 unspecified atom stereocenters. The second kappa shape index (κ2) is 13.8. The van der Waals surface area contributed by atoms with E-state index in [0.29, 0.717) is 22.2 Å². The molecular formula is C30H32BClF6N6O2. The molecule has 8 nitrogen and oxygen atoms in total. The maximum Gasteiger partial charge on any atom is 0.496 e. The molecule has 46 heavy (non-hydrogen) atoms. The second-order valence-corrected chi connectivity index (χ2v) is 11.6. The van der Waals surface area contributed by atoms with E-state index in [1.165, 1.54) is 26.2 Å². The summed E-state index contributed by atoms with van der Waals surface area (Å²) in [7, 11) is -0.839. The zero-order valence-electron chi connectivity index (χ0n) is 25.8. The van der Waals surface area contributed by atoms with Gasteiger partial charge in [0.1, 0.15) is 16.8 Å². The van der Waals surface area contributed by atoms with E-state index in [-0.39, 0.29) is 22.7 Å². The van der Waals surface area contributed by atoms with E-state index in [4.69, 9.17) is 32.4 Å². The summed E-state index contributed by atoms with van der Waals surface area (Å²) < 4.78 is 88.4. The summed E-state index contributed by atoms with van der Waals surface area (Å²) >= 11 is 5.45. The monoisotopic (exact) mass is 668 g/mol. The smallest absolute Gasteiger partial charge is 0.399 e. The largest absolute Gasteiger partial charge is 0.496 e. The Hall–Kier alpha value is -3.95. The summed E-state index contributed by atoms with van der Waals surface area (Å²) in [4.78, 5) is 15.2. The molecule has 0 aliphatic carbocycles. The fourth-order valence-electron chi connectivity index (χ4n) is 3.94. The molecule has 0 amide bonds. The molecule has 4 aromatic rings. The Bertz CT molecular complexity index is 1640. The number of hydrogen-bond acceptors (Lipinski definition) is 8. The standard InChI is InChI=1S/C13H17BF3NO2.C12H10F3N3.C5H5ClN2/c1-8-10(13(15,16)17)6-9(7-18-8)14-19-11(2,3)12(4,5)20-14;1-7-9(12(13,14)15)5-8(6-17-7)10-3-2-4-11(16)18-10;6-4-2-1-3-5(7)8-4/h6-7H,1-5H3;2-6H,1H3,(H2,16,18);1-3H,(H2,7,8). The van der Waals surface area contributed by atoms with Crippen molar-refractivity contribution in [1.29, 1.82) is 0 Å². The Morgan fingerprint density at radius 3 is 1.65 bits per heavy atom. The number of nitrogen functional groups attached to an aromatic ring is 2. The molecule has 4 N–H and O–H groups in total. The summed E-state index contributed by atoms with van der Waals surface area (Å²) in [5.74, 6) is 0.708. The van der Waals surface area contributed by atoms with Gasteiger partial charge in [0, 0.05) is 34.8 Å². The molecule has 246 valence electrons. The van der Waals surface area contributed by atoms with Gasteiger partial charge in [0.15, 0.2) is 0 Å². The van der Waals surface area contributed by atoms with E-state index in [0.717, 1.165) is 12.1 Å². The minimum atomic E-state index is -4.43. The van der Waals surface area contributed by atoms with Crippen LogP contribution in [-0.4, -0.2) is 38.3 Å². The average Bonchev–Trinajstić information content (AvgIpc) is 3.15. The van der Waals surface area contributed by atoms with Crippen LogP contribution in [0.5, 0.6) is 0 Å². The minimum Gasteiger partial charge on any atom is -0.399 e. The second-order valence-electron chi connectivity index (χ2n) is 11.2. The SMILES string of the molecule is Cc1ncc(-c2cccc(N)n2)cc1C(F)(F)F.Cc1ncc(B2OC(C)(C)C(C)(C)O2)cc1C(F)(F)F.Nc1cccc(Cl)n1. The van der Waals surface area contributed by atoms with E-state index in [1.807, 2.05) is 27.7 Å². The first-order chi connectivity index (χ1) is 21.1. The molecule has 0 saturated carbocycles. The van der Waals surface area contributed by atoms with E-state index in [2.05, 4.69) is 19.9 Å². The van der Waals surface area contributed by atoms with E-state index < -0.39 is 41.8 Å². The molecule has 16 heteroatoms. The molecule has 1 aliphatic heterocycles.